The summed E-state index contributed by atoms with van der Waals surface area (Å²) in [6, 6.07) is 7.99. The highest BCUT2D eigenvalue weighted by molar-refractivity contribution is 5.28. The van der Waals surface area contributed by atoms with E-state index < -0.39 is 0 Å². The summed E-state index contributed by atoms with van der Waals surface area (Å²) in [5, 5.41) is 10.1. The van der Waals surface area contributed by atoms with Crippen LogP contribution in [0.4, 0.5) is 0 Å². The molecule has 2 nitrogen and oxygen atoms in total. The fourth-order valence-electron chi connectivity index (χ4n) is 2.69. The molecule has 120 valence electrons. The maximum atomic E-state index is 10.1. The zero-order valence-electron chi connectivity index (χ0n) is 13.8. The first kappa shape index (κ1) is 18.0. The highest BCUT2D eigenvalue weighted by atomic mass is 16.5. The maximum Gasteiger partial charge on any atom is 0.119 e. The Kier molecular flexibility index (Phi) is 9.98. The molecule has 0 heterocycles. The number of rotatable bonds is 12. The Bertz CT molecular complexity index is 362. The molecule has 1 aromatic carbocycles. The van der Waals surface area contributed by atoms with E-state index in [9.17, 15) is 5.11 Å². The van der Waals surface area contributed by atoms with Crippen molar-refractivity contribution in [3.63, 3.8) is 0 Å². The molecule has 21 heavy (non-hydrogen) atoms. The molecule has 0 spiro atoms. The molecule has 0 aliphatic carbocycles. The van der Waals surface area contributed by atoms with Crippen molar-refractivity contribution in [2.24, 2.45) is 0 Å². The van der Waals surface area contributed by atoms with Crippen molar-refractivity contribution in [2.75, 3.05) is 7.11 Å². The molecule has 0 aliphatic heterocycles. The Labute approximate surface area is 130 Å². The lowest BCUT2D eigenvalue weighted by Gasteiger charge is -2.11. The van der Waals surface area contributed by atoms with Gasteiger partial charge in [0.1, 0.15) is 5.75 Å². The Morgan fingerprint density at radius 1 is 1.00 bits per heavy atom. The van der Waals surface area contributed by atoms with E-state index in [4.69, 9.17) is 4.74 Å². The second-order valence-corrected chi connectivity index (χ2v) is 5.97. The van der Waals surface area contributed by atoms with Gasteiger partial charge in [0.05, 0.1) is 13.2 Å². The van der Waals surface area contributed by atoms with E-state index >= 15 is 0 Å². The summed E-state index contributed by atoms with van der Waals surface area (Å²) in [5.41, 5.74) is 1.15. The first-order valence-electron chi connectivity index (χ1n) is 8.57. The number of ether oxygens (including phenoxy) is 1. The average molecular weight is 292 g/mol. The molecule has 1 atom stereocenters. The van der Waals surface area contributed by atoms with Crippen LogP contribution < -0.4 is 4.74 Å². The molecule has 1 aromatic rings. The Morgan fingerprint density at radius 2 is 1.67 bits per heavy atom. The van der Waals surface area contributed by atoms with Gasteiger partial charge in [0.2, 0.25) is 0 Å². The van der Waals surface area contributed by atoms with E-state index in [2.05, 4.69) is 13.0 Å². The number of benzene rings is 1. The van der Waals surface area contributed by atoms with Crippen LogP contribution >= 0.6 is 0 Å². The second kappa shape index (κ2) is 11.6. The van der Waals surface area contributed by atoms with Crippen molar-refractivity contribution in [1.82, 2.24) is 0 Å². The Morgan fingerprint density at radius 3 is 2.33 bits per heavy atom. The molecule has 0 saturated carbocycles. The zero-order chi connectivity index (χ0) is 15.3. The van der Waals surface area contributed by atoms with Crippen LogP contribution in [-0.4, -0.2) is 18.3 Å². The smallest absolute Gasteiger partial charge is 0.119 e. The maximum absolute atomic E-state index is 10.1. The van der Waals surface area contributed by atoms with Crippen molar-refractivity contribution in [3.8, 4) is 5.75 Å². The summed E-state index contributed by atoms with van der Waals surface area (Å²) in [5.74, 6) is 0.867. The van der Waals surface area contributed by atoms with Crippen LogP contribution in [0, 0.1) is 0 Å². The molecule has 1 unspecified atom stereocenters. The van der Waals surface area contributed by atoms with Crippen molar-refractivity contribution >= 4 is 0 Å². The standard InChI is InChI=1S/C19H32O2/c1-3-4-5-6-7-8-9-10-13-18(20)15-17-12-11-14-19(16-17)21-2/h11-12,14,16,18,20H,3-10,13,15H2,1-2H3. The summed E-state index contributed by atoms with van der Waals surface area (Å²) in [6.07, 6.45) is 11.9. The van der Waals surface area contributed by atoms with Crippen LogP contribution in [0.1, 0.15) is 70.3 Å². The van der Waals surface area contributed by atoms with E-state index in [1.807, 2.05) is 18.2 Å². The zero-order valence-corrected chi connectivity index (χ0v) is 13.8. The molecule has 0 amide bonds. The largest absolute Gasteiger partial charge is 0.497 e. The number of aliphatic hydroxyl groups excluding tert-OH is 1. The summed E-state index contributed by atoms with van der Waals surface area (Å²) >= 11 is 0. The van der Waals surface area contributed by atoms with E-state index in [1.54, 1.807) is 7.11 Å². The van der Waals surface area contributed by atoms with Crippen molar-refractivity contribution in [1.29, 1.82) is 0 Å². The predicted octanol–water partition coefficient (Wildman–Crippen LogP) is 5.13. The topological polar surface area (TPSA) is 29.5 Å². The molecular formula is C19H32O2. The second-order valence-electron chi connectivity index (χ2n) is 5.97. The SMILES string of the molecule is CCCCCCCCCCC(O)Cc1cccc(OC)c1. The van der Waals surface area contributed by atoms with Gasteiger partial charge in [0, 0.05) is 0 Å². The minimum Gasteiger partial charge on any atom is -0.497 e. The van der Waals surface area contributed by atoms with Crippen LogP contribution in [0.25, 0.3) is 0 Å². The van der Waals surface area contributed by atoms with Gasteiger partial charge < -0.3 is 9.84 Å². The minimum atomic E-state index is -0.225. The summed E-state index contributed by atoms with van der Waals surface area (Å²) in [6.45, 7) is 2.25. The third kappa shape index (κ3) is 8.77. The Hall–Kier alpha value is -1.02. The van der Waals surface area contributed by atoms with Crippen molar-refractivity contribution < 1.29 is 9.84 Å². The van der Waals surface area contributed by atoms with E-state index in [1.165, 1.54) is 44.9 Å². The van der Waals surface area contributed by atoms with Gasteiger partial charge in [0.15, 0.2) is 0 Å². The average Bonchev–Trinajstić information content (AvgIpc) is 2.50. The fourth-order valence-corrected chi connectivity index (χ4v) is 2.69. The predicted molar refractivity (Wildman–Crippen MR) is 89.9 cm³/mol. The van der Waals surface area contributed by atoms with Crippen molar-refractivity contribution in [3.05, 3.63) is 29.8 Å². The van der Waals surface area contributed by atoms with Crippen LogP contribution in [0.2, 0.25) is 0 Å². The van der Waals surface area contributed by atoms with Gasteiger partial charge in [-0.15, -0.1) is 0 Å². The van der Waals surface area contributed by atoms with Crippen LogP contribution in [-0.2, 0) is 6.42 Å². The number of unbranched alkanes of at least 4 members (excludes halogenated alkanes) is 7. The number of methoxy groups -OCH3 is 1. The summed E-state index contributed by atoms with van der Waals surface area (Å²) in [7, 11) is 1.68. The monoisotopic (exact) mass is 292 g/mol. The summed E-state index contributed by atoms with van der Waals surface area (Å²) < 4.78 is 5.21. The molecule has 2 heteroatoms. The van der Waals surface area contributed by atoms with Crippen LogP contribution in [0.15, 0.2) is 24.3 Å². The van der Waals surface area contributed by atoms with Gasteiger partial charge in [-0.2, -0.15) is 0 Å². The van der Waals surface area contributed by atoms with Crippen LogP contribution in [0.3, 0.4) is 0 Å². The van der Waals surface area contributed by atoms with Gasteiger partial charge in [0.25, 0.3) is 0 Å². The first-order valence-corrected chi connectivity index (χ1v) is 8.57. The van der Waals surface area contributed by atoms with Gasteiger partial charge in [-0.05, 0) is 30.5 Å². The minimum absolute atomic E-state index is 0.225. The fraction of sp³-hybridized carbons (Fsp3) is 0.684. The van der Waals surface area contributed by atoms with E-state index in [0.29, 0.717) is 0 Å². The lowest BCUT2D eigenvalue weighted by atomic mass is 10.0. The van der Waals surface area contributed by atoms with Gasteiger partial charge >= 0.3 is 0 Å². The number of hydrogen-bond acceptors (Lipinski definition) is 2. The molecule has 0 aliphatic rings. The molecule has 1 N–H and O–H groups in total. The molecule has 0 radical (unpaired) electrons. The highest BCUT2D eigenvalue weighted by Gasteiger charge is 2.06. The molecular weight excluding hydrogens is 260 g/mol. The van der Waals surface area contributed by atoms with Crippen LogP contribution in [0.5, 0.6) is 5.75 Å². The lowest BCUT2D eigenvalue weighted by molar-refractivity contribution is 0.161. The van der Waals surface area contributed by atoms with Gasteiger partial charge in [-0.3, -0.25) is 0 Å². The number of aliphatic hydroxyl groups is 1. The third-order valence-electron chi connectivity index (χ3n) is 4.00. The molecule has 1 rings (SSSR count). The number of hydrogen-bond donors (Lipinski definition) is 1. The molecule has 0 bridgehead atoms. The molecule has 0 saturated heterocycles. The first-order chi connectivity index (χ1) is 10.3. The molecule has 0 aromatic heterocycles. The molecule has 0 fully saturated rings. The van der Waals surface area contributed by atoms with Gasteiger partial charge in [-0.1, -0.05) is 70.4 Å². The summed E-state index contributed by atoms with van der Waals surface area (Å²) in [4.78, 5) is 0. The quantitative estimate of drug-likeness (QED) is 0.541. The Balaban J connectivity index is 2.07. The normalized spacial score (nSPS) is 12.3. The lowest BCUT2D eigenvalue weighted by Crippen LogP contribution is -2.10. The third-order valence-corrected chi connectivity index (χ3v) is 4.00. The van der Waals surface area contributed by atoms with E-state index in [0.717, 1.165) is 30.6 Å². The van der Waals surface area contributed by atoms with Gasteiger partial charge in [-0.25, -0.2) is 0 Å². The van der Waals surface area contributed by atoms with E-state index in [-0.39, 0.29) is 6.10 Å². The highest BCUT2D eigenvalue weighted by Crippen LogP contribution is 2.16. The van der Waals surface area contributed by atoms with Crippen molar-refractivity contribution in [2.45, 2.75) is 77.2 Å².